The number of aliphatic hydroxyl groups excluding tert-OH is 1. The number of carbonyl (C=O) groups excluding carboxylic acids is 1. The average Bonchev–Trinajstić information content (AvgIpc) is 2.92. The first kappa shape index (κ1) is 13.3. The van der Waals surface area contributed by atoms with E-state index in [1.165, 1.54) is 24.5 Å². The minimum Gasteiger partial charge on any atom is -0.467 e. The Labute approximate surface area is 109 Å². The monoisotopic (exact) mass is 263 g/mol. The highest BCUT2D eigenvalue weighted by Crippen LogP contribution is 2.13. The molecule has 1 heterocycles. The van der Waals surface area contributed by atoms with Gasteiger partial charge in [-0.05, 0) is 36.8 Å². The Morgan fingerprint density at radius 1 is 1.47 bits per heavy atom. The van der Waals surface area contributed by atoms with Crippen molar-refractivity contribution in [2.75, 3.05) is 6.54 Å². The molecule has 5 heteroatoms. The number of carbonyl (C=O) groups is 1. The first-order valence-corrected chi connectivity index (χ1v) is 5.83. The first-order valence-electron chi connectivity index (χ1n) is 5.83. The minimum atomic E-state index is -0.923. The van der Waals surface area contributed by atoms with Crippen LogP contribution in [0, 0.1) is 12.7 Å². The highest BCUT2D eigenvalue weighted by atomic mass is 19.1. The molecule has 2 rings (SSSR count). The van der Waals surface area contributed by atoms with Crippen LogP contribution in [0.2, 0.25) is 0 Å². The van der Waals surface area contributed by atoms with E-state index in [1.54, 1.807) is 19.1 Å². The Morgan fingerprint density at radius 2 is 2.26 bits per heavy atom. The molecule has 2 N–H and O–H groups in total. The number of hydrogen-bond acceptors (Lipinski definition) is 3. The van der Waals surface area contributed by atoms with E-state index >= 15 is 0 Å². The fourth-order valence-corrected chi connectivity index (χ4v) is 1.70. The molecule has 1 aromatic carbocycles. The normalized spacial score (nSPS) is 12.2. The van der Waals surface area contributed by atoms with Crippen molar-refractivity contribution in [2.24, 2.45) is 0 Å². The Bertz CT molecular complexity index is 566. The topological polar surface area (TPSA) is 62.5 Å². The Hall–Kier alpha value is -2.14. The van der Waals surface area contributed by atoms with Gasteiger partial charge < -0.3 is 14.8 Å². The van der Waals surface area contributed by atoms with E-state index in [-0.39, 0.29) is 12.1 Å². The van der Waals surface area contributed by atoms with Crippen LogP contribution < -0.4 is 5.32 Å². The first-order chi connectivity index (χ1) is 9.08. The summed E-state index contributed by atoms with van der Waals surface area (Å²) in [6.45, 7) is 1.72. The van der Waals surface area contributed by atoms with E-state index in [1.807, 2.05) is 0 Å². The standard InChI is InChI=1S/C14H14FNO3/c1-9-4-5-10(15)7-11(9)14(18)16-8-12(17)13-3-2-6-19-13/h2-7,12,17H,8H2,1H3,(H,16,18). The zero-order valence-corrected chi connectivity index (χ0v) is 10.4. The van der Waals surface area contributed by atoms with E-state index in [9.17, 15) is 14.3 Å². The molecular weight excluding hydrogens is 249 g/mol. The van der Waals surface area contributed by atoms with Gasteiger partial charge in [0.1, 0.15) is 17.7 Å². The van der Waals surface area contributed by atoms with Gasteiger partial charge >= 0.3 is 0 Å². The summed E-state index contributed by atoms with van der Waals surface area (Å²) in [5.74, 6) is -0.527. The molecule has 1 atom stereocenters. The number of halogens is 1. The lowest BCUT2D eigenvalue weighted by Gasteiger charge is -2.11. The predicted octanol–water partition coefficient (Wildman–Crippen LogP) is 2.19. The van der Waals surface area contributed by atoms with Crippen molar-refractivity contribution < 1.29 is 18.7 Å². The summed E-state index contributed by atoms with van der Waals surface area (Å²) in [6, 6.07) is 7.27. The molecule has 0 fully saturated rings. The van der Waals surface area contributed by atoms with Crippen LogP contribution in [0.25, 0.3) is 0 Å². The molecule has 19 heavy (non-hydrogen) atoms. The summed E-state index contributed by atoms with van der Waals surface area (Å²) in [5.41, 5.74) is 0.929. The summed E-state index contributed by atoms with van der Waals surface area (Å²) < 4.78 is 18.1. The third kappa shape index (κ3) is 3.20. The number of amides is 1. The molecule has 0 aliphatic rings. The molecule has 0 saturated carbocycles. The van der Waals surface area contributed by atoms with Crippen LogP contribution in [-0.4, -0.2) is 17.6 Å². The lowest BCUT2D eigenvalue weighted by molar-refractivity contribution is 0.0900. The van der Waals surface area contributed by atoms with E-state index in [0.29, 0.717) is 11.3 Å². The van der Waals surface area contributed by atoms with Crippen LogP contribution in [0.5, 0.6) is 0 Å². The lowest BCUT2D eigenvalue weighted by atomic mass is 10.1. The van der Waals surface area contributed by atoms with Crippen LogP contribution in [0.15, 0.2) is 41.0 Å². The maximum absolute atomic E-state index is 13.1. The molecule has 1 amide bonds. The van der Waals surface area contributed by atoms with Gasteiger partial charge in [-0.3, -0.25) is 4.79 Å². The molecule has 0 saturated heterocycles. The molecule has 0 bridgehead atoms. The summed E-state index contributed by atoms with van der Waals surface area (Å²) in [7, 11) is 0. The molecule has 2 aromatic rings. The van der Waals surface area contributed by atoms with Gasteiger partial charge in [0.2, 0.25) is 0 Å². The van der Waals surface area contributed by atoms with Gasteiger partial charge in [-0.2, -0.15) is 0 Å². The number of nitrogens with one attached hydrogen (secondary N) is 1. The highest BCUT2D eigenvalue weighted by molar-refractivity contribution is 5.95. The van der Waals surface area contributed by atoms with Crippen LogP contribution in [0.4, 0.5) is 4.39 Å². The Morgan fingerprint density at radius 3 is 2.95 bits per heavy atom. The third-order valence-corrected chi connectivity index (χ3v) is 2.77. The fraction of sp³-hybridized carbons (Fsp3) is 0.214. The van der Waals surface area contributed by atoms with Crippen molar-refractivity contribution in [3.05, 3.63) is 59.3 Å². The van der Waals surface area contributed by atoms with Crippen molar-refractivity contribution in [1.29, 1.82) is 0 Å². The largest absolute Gasteiger partial charge is 0.467 e. The van der Waals surface area contributed by atoms with Crippen molar-refractivity contribution in [2.45, 2.75) is 13.0 Å². The molecule has 0 aliphatic carbocycles. The van der Waals surface area contributed by atoms with Gasteiger partial charge in [0, 0.05) is 5.56 Å². The van der Waals surface area contributed by atoms with Gasteiger partial charge in [-0.15, -0.1) is 0 Å². The maximum Gasteiger partial charge on any atom is 0.251 e. The zero-order chi connectivity index (χ0) is 13.8. The molecule has 0 spiro atoms. The molecule has 0 radical (unpaired) electrons. The highest BCUT2D eigenvalue weighted by Gasteiger charge is 2.14. The number of furan rings is 1. The summed E-state index contributed by atoms with van der Waals surface area (Å²) in [5, 5.41) is 12.3. The van der Waals surface area contributed by atoms with Gasteiger partial charge in [-0.1, -0.05) is 6.07 Å². The van der Waals surface area contributed by atoms with Crippen molar-refractivity contribution in [3.8, 4) is 0 Å². The van der Waals surface area contributed by atoms with E-state index in [0.717, 1.165) is 0 Å². The number of aliphatic hydroxyl groups is 1. The van der Waals surface area contributed by atoms with E-state index in [2.05, 4.69) is 5.32 Å². The molecule has 1 aromatic heterocycles. The number of rotatable bonds is 4. The predicted molar refractivity (Wildman–Crippen MR) is 67.1 cm³/mol. The number of aryl methyl sites for hydroxylation is 1. The Balaban J connectivity index is 2.00. The molecule has 100 valence electrons. The molecular formula is C14H14FNO3. The minimum absolute atomic E-state index is 0.00228. The second-order valence-corrected chi connectivity index (χ2v) is 4.20. The summed E-state index contributed by atoms with van der Waals surface area (Å²) >= 11 is 0. The zero-order valence-electron chi connectivity index (χ0n) is 10.4. The van der Waals surface area contributed by atoms with Crippen molar-refractivity contribution >= 4 is 5.91 Å². The number of hydrogen-bond donors (Lipinski definition) is 2. The van der Waals surface area contributed by atoms with E-state index in [4.69, 9.17) is 4.42 Å². The third-order valence-electron chi connectivity index (χ3n) is 2.77. The summed E-state index contributed by atoms with van der Waals surface area (Å²) in [4.78, 5) is 11.9. The van der Waals surface area contributed by atoms with Crippen LogP contribution in [0.1, 0.15) is 27.8 Å². The van der Waals surface area contributed by atoms with Crippen molar-refractivity contribution in [3.63, 3.8) is 0 Å². The summed E-state index contributed by atoms with van der Waals surface area (Å²) in [6.07, 6.45) is 0.518. The maximum atomic E-state index is 13.1. The quantitative estimate of drug-likeness (QED) is 0.888. The smallest absolute Gasteiger partial charge is 0.251 e. The van der Waals surface area contributed by atoms with Crippen LogP contribution in [-0.2, 0) is 0 Å². The second kappa shape index (κ2) is 5.67. The van der Waals surface area contributed by atoms with Crippen LogP contribution in [0.3, 0.4) is 0 Å². The average molecular weight is 263 g/mol. The fourth-order valence-electron chi connectivity index (χ4n) is 1.70. The molecule has 4 nitrogen and oxygen atoms in total. The van der Waals surface area contributed by atoms with Gasteiger partial charge in [0.25, 0.3) is 5.91 Å². The Kier molecular flexibility index (Phi) is 3.97. The van der Waals surface area contributed by atoms with Gasteiger partial charge in [-0.25, -0.2) is 4.39 Å². The molecule has 0 aliphatic heterocycles. The SMILES string of the molecule is Cc1ccc(F)cc1C(=O)NCC(O)c1ccco1. The molecule has 1 unspecified atom stereocenters. The lowest BCUT2D eigenvalue weighted by Crippen LogP contribution is -2.28. The number of benzene rings is 1. The second-order valence-electron chi connectivity index (χ2n) is 4.20. The van der Waals surface area contributed by atoms with Crippen molar-refractivity contribution in [1.82, 2.24) is 5.32 Å². The van der Waals surface area contributed by atoms with Gasteiger partial charge in [0.15, 0.2) is 0 Å². The van der Waals surface area contributed by atoms with Gasteiger partial charge in [0.05, 0.1) is 12.8 Å². The van der Waals surface area contributed by atoms with E-state index < -0.39 is 17.8 Å². The van der Waals surface area contributed by atoms with Crippen LogP contribution >= 0.6 is 0 Å².